The summed E-state index contributed by atoms with van der Waals surface area (Å²) in [5, 5.41) is 3.82. The van der Waals surface area contributed by atoms with Crippen LogP contribution in [-0.2, 0) is 24.1 Å². The molecule has 1 N–H and O–H groups in total. The summed E-state index contributed by atoms with van der Waals surface area (Å²) in [6.45, 7) is 2.05. The zero-order valence-electron chi connectivity index (χ0n) is 13.4. The first-order valence-electron chi connectivity index (χ1n) is 8.28. The van der Waals surface area contributed by atoms with E-state index in [4.69, 9.17) is 11.6 Å². The first kappa shape index (κ1) is 16.1. The van der Waals surface area contributed by atoms with Gasteiger partial charge in [-0.1, -0.05) is 48.0 Å². The Kier molecular flexibility index (Phi) is 5.02. The Bertz CT molecular complexity index is 711. The van der Waals surface area contributed by atoms with Crippen LogP contribution in [0.4, 0.5) is 0 Å². The Morgan fingerprint density at radius 2 is 1.96 bits per heavy atom. The molecule has 23 heavy (non-hydrogen) atoms. The average molecular weight is 328 g/mol. The van der Waals surface area contributed by atoms with Crippen LogP contribution in [0, 0.1) is 0 Å². The number of amides is 1. The molecule has 1 aliphatic rings. The van der Waals surface area contributed by atoms with E-state index in [0.717, 1.165) is 17.0 Å². The molecule has 0 radical (unpaired) electrons. The van der Waals surface area contributed by atoms with Gasteiger partial charge in [-0.3, -0.25) is 4.79 Å². The second-order valence-corrected chi connectivity index (χ2v) is 6.67. The van der Waals surface area contributed by atoms with Crippen molar-refractivity contribution in [3.63, 3.8) is 0 Å². The Morgan fingerprint density at radius 3 is 2.78 bits per heavy atom. The minimum Gasteiger partial charge on any atom is -0.350 e. The maximum atomic E-state index is 12.2. The van der Waals surface area contributed by atoms with Gasteiger partial charge in [-0.25, -0.2) is 0 Å². The van der Waals surface area contributed by atoms with E-state index in [1.807, 2.05) is 31.2 Å². The summed E-state index contributed by atoms with van der Waals surface area (Å²) in [6.07, 6.45) is 4.73. The van der Waals surface area contributed by atoms with Gasteiger partial charge in [-0.15, -0.1) is 0 Å². The first-order chi connectivity index (χ1) is 11.1. The molecule has 0 saturated carbocycles. The van der Waals surface area contributed by atoms with Crippen LogP contribution in [0.2, 0.25) is 5.02 Å². The Morgan fingerprint density at radius 1 is 1.17 bits per heavy atom. The number of nitrogens with one attached hydrogen (secondary N) is 1. The van der Waals surface area contributed by atoms with E-state index in [-0.39, 0.29) is 11.9 Å². The molecule has 120 valence electrons. The van der Waals surface area contributed by atoms with Crippen molar-refractivity contribution in [1.29, 1.82) is 0 Å². The number of rotatable bonds is 5. The summed E-state index contributed by atoms with van der Waals surface area (Å²) in [4.78, 5) is 12.2. The predicted molar refractivity (Wildman–Crippen MR) is 94.8 cm³/mol. The molecule has 1 aliphatic carbocycles. The third-order valence-electron chi connectivity index (χ3n) is 4.58. The van der Waals surface area contributed by atoms with Gasteiger partial charge >= 0.3 is 0 Å². The summed E-state index contributed by atoms with van der Waals surface area (Å²) in [5.41, 5.74) is 5.12. The second-order valence-electron chi connectivity index (χ2n) is 6.26. The van der Waals surface area contributed by atoms with Crippen molar-refractivity contribution in [2.24, 2.45) is 0 Å². The van der Waals surface area contributed by atoms with Crippen LogP contribution in [0.25, 0.3) is 0 Å². The normalized spacial score (nSPS) is 14.3. The predicted octanol–water partition coefficient (Wildman–Crippen LogP) is 4.64. The Hall–Kier alpha value is -1.80. The molecule has 3 heteroatoms. The lowest BCUT2D eigenvalue weighted by atomic mass is 10.0. The minimum atomic E-state index is 0.0413. The highest BCUT2D eigenvalue weighted by Crippen LogP contribution is 2.25. The average Bonchev–Trinajstić information content (AvgIpc) is 3.01. The molecule has 1 atom stereocenters. The van der Waals surface area contributed by atoms with Gasteiger partial charge < -0.3 is 5.32 Å². The molecule has 2 nitrogen and oxygen atoms in total. The van der Waals surface area contributed by atoms with Gasteiger partial charge in [0.2, 0.25) is 5.91 Å². The van der Waals surface area contributed by atoms with E-state index in [9.17, 15) is 4.79 Å². The third-order valence-corrected chi connectivity index (χ3v) is 4.95. The molecule has 0 aliphatic heterocycles. The molecule has 3 rings (SSSR count). The van der Waals surface area contributed by atoms with Crippen LogP contribution in [-0.4, -0.2) is 5.91 Å². The summed E-state index contributed by atoms with van der Waals surface area (Å²) < 4.78 is 0. The molecular formula is C20H22ClNO. The maximum Gasteiger partial charge on any atom is 0.220 e. The van der Waals surface area contributed by atoms with Crippen molar-refractivity contribution in [3.8, 4) is 0 Å². The molecule has 0 aromatic heterocycles. The van der Waals surface area contributed by atoms with Gasteiger partial charge in [0, 0.05) is 11.4 Å². The monoisotopic (exact) mass is 327 g/mol. The highest BCUT2D eigenvalue weighted by Gasteiger charge is 2.15. The van der Waals surface area contributed by atoms with E-state index in [1.54, 1.807) is 0 Å². The van der Waals surface area contributed by atoms with Crippen LogP contribution in [0.15, 0.2) is 42.5 Å². The number of benzene rings is 2. The largest absolute Gasteiger partial charge is 0.350 e. The molecule has 0 bridgehead atoms. The standard InChI is InChI=1S/C20H22ClNO/c1-14(17-10-9-15-6-4-7-18(15)13-17)22-20(23)12-11-16-5-2-3-8-19(16)21/h2-3,5,8-10,13-14H,4,6-7,11-12H2,1H3,(H,22,23)/t14-/m1/s1. The van der Waals surface area contributed by atoms with E-state index in [2.05, 4.69) is 23.5 Å². The van der Waals surface area contributed by atoms with Crippen LogP contribution < -0.4 is 5.32 Å². The van der Waals surface area contributed by atoms with Crippen molar-refractivity contribution in [3.05, 3.63) is 69.7 Å². The number of carbonyl (C=O) groups excluding carboxylic acids is 1. The fourth-order valence-electron chi connectivity index (χ4n) is 3.21. The number of aryl methyl sites for hydroxylation is 3. The van der Waals surface area contributed by atoms with Crippen LogP contribution >= 0.6 is 11.6 Å². The second kappa shape index (κ2) is 7.18. The van der Waals surface area contributed by atoms with Gasteiger partial charge in [0.1, 0.15) is 0 Å². The van der Waals surface area contributed by atoms with Crippen molar-refractivity contribution < 1.29 is 4.79 Å². The topological polar surface area (TPSA) is 29.1 Å². The highest BCUT2D eigenvalue weighted by molar-refractivity contribution is 6.31. The summed E-state index contributed by atoms with van der Waals surface area (Å²) in [6, 6.07) is 14.3. The Labute approximate surface area is 142 Å². The van der Waals surface area contributed by atoms with E-state index in [1.165, 1.54) is 29.5 Å². The molecular weight excluding hydrogens is 306 g/mol. The lowest BCUT2D eigenvalue weighted by Gasteiger charge is -2.16. The molecule has 0 spiro atoms. The van der Waals surface area contributed by atoms with Gasteiger partial charge in [0.15, 0.2) is 0 Å². The third kappa shape index (κ3) is 3.94. The summed E-state index contributed by atoms with van der Waals surface area (Å²) in [7, 11) is 0. The zero-order valence-corrected chi connectivity index (χ0v) is 14.2. The highest BCUT2D eigenvalue weighted by atomic mass is 35.5. The quantitative estimate of drug-likeness (QED) is 0.851. The Balaban J connectivity index is 1.56. The lowest BCUT2D eigenvalue weighted by molar-refractivity contribution is -0.121. The van der Waals surface area contributed by atoms with Gasteiger partial charge in [0.05, 0.1) is 6.04 Å². The van der Waals surface area contributed by atoms with E-state index < -0.39 is 0 Å². The molecule has 2 aromatic carbocycles. The van der Waals surface area contributed by atoms with Gasteiger partial charge in [-0.05, 0) is 60.9 Å². The SMILES string of the molecule is C[C@@H](NC(=O)CCc1ccccc1Cl)c1ccc2c(c1)CCC2. The molecule has 2 aromatic rings. The van der Waals surface area contributed by atoms with Crippen molar-refractivity contribution in [2.75, 3.05) is 0 Å². The van der Waals surface area contributed by atoms with E-state index in [0.29, 0.717) is 12.8 Å². The minimum absolute atomic E-state index is 0.0413. The van der Waals surface area contributed by atoms with Crippen LogP contribution in [0.3, 0.4) is 0 Å². The smallest absolute Gasteiger partial charge is 0.220 e. The molecule has 1 amide bonds. The number of halogens is 1. The number of hydrogen-bond acceptors (Lipinski definition) is 1. The summed E-state index contributed by atoms with van der Waals surface area (Å²) >= 11 is 6.13. The molecule has 0 unspecified atom stereocenters. The molecule has 0 fully saturated rings. The zero-order chi connectivity index (χ0) is 16.2. The van der Waals surface area contributed by atoms with E-state index >= 15 is 0 Å². The fourth-order valence-corrected chi connectivity index (χ4v) is 3.44. The molecule has 0 saturated heterocycles. The van der Waals surface area contributed by atoms with Crippen molar-refractivity contribution in [2.45, 2.75) is 45.1 Å². The van der Waals surface area contributed by atoms with Crippen molar-refractivity contribution in [1.82, 2.24) is 5.32 Å². The lowest BCUT2D eigenvalue weighted by Crippen LogP contribution is -2.26. The summed E-state index contributed by atoms with van der Waals surface area (Å²) in [5.74, 6) is 0.0675. The van der Waals surface area contributed by atoms with Gasteiger partial charge in [0.25, 0.3) is 0 Å². The molecule has 0 heterocycles. The van der Waals surface area contributed by atoms with Crippen LogP contribution in [0.1, 0.15) is 48.1 Å². The van der Waals surface area contributed by atoms with Gasteiger partial charge in [-0.2, -0.15) is 0 Å². The first-order valence-corrected chi connectivity index (χ1v) is 8.66. The van der Waals surface area contributed by atoms with Crippen LogP contribution in [0.5, 0.6) is 0 Å². The maximum absolute atomic E-state index is 12.2. The van der Waals surface area contributed by atoms with Crippen molar-refractivity contribution >= 4 is 17.5 Å². The number of fused-ring (bicyclic) bond motifs is 1. The number of hydrogen-bond donors (Lipinski definition) is 1. The number of carbonyl (C=O) groups is 1. The fraction of sp³-hybridized carbons (Fsp3) is 0.350.